The summed E-state index contributed by atoms with van der Waals surface area (Å²) in [4.78, 5) is 12.2. The van der Waals surface area contributed by atoms with E-state index in [1.807, 2.05) is 0 Å². The summed E-state index contributed by atoms with van der Waals surface area (Å²) < 4.78 is 0. The van der Waals surface area contributed by atoms with Crippen molar-refractivity contribution in [3.63, 3.8) is 0 Å². The van der Waals surface area contributed by atoms with E-state index in [4.69, 9.17) is 5.73 Å². The predicted octanol–water partition coefficient (Wildman–Crippen LogP) is 8.72. The lowest BCUT2D eigenvalue weighted by atomic mass is 9.77. The van der Waals surface area contributed by atoms with Gasteiger partial charge in [0.1, 0.15) is 5.75 Å². The molecule has 196 valence electrons. The molecule has 0 heterocycles. The Labute approximate surface area is 211 Å². The highest BCUT2D eigenvalue weighted by molar-refractivity contribution is 5.77. The van der Waals surface area contributed by atoms with Crippen LogP contribution in [0.3, 0.4) is 0 Å². The Kier molecular flexibility index (Phi) is 13.3. The van der Waals surface area contributed by atoms with E-state index < -0.39 is 0 Å². The number of hydrogen-bond donors (Lipinski definition) is 2. The molecule has 1 aromatic rings. The maximum atomic E-state index is 12.2. The van der Waals surface area contributed by atoms with Gasteiger partial charge in [-0.2, -0.15) is 0 Å². The average molecular weight is 474 g/mol. The van der Waals surface area contributed by atoms with Crippen LogP contribution in [0.1, 0.15) is 149 Å². The smallest absolute Gasteiger partial charge is 0.220 e. The normalized spacial score (nSPS) is 13.3. The number of carbonyl (C=O) groups is 1. The maximum absolute atomic E-state index is 12.2. The van der Waals surface area contributed by atoms with E-state index in [2.05, 4.69) is 60.6 Å². The first-order chi connectivity index (χ1) is 15.9. The van der Waals surface area contributed by atoms with E-state index in [-0.39, 0.29) is 22.7 Å². The average Bonchev–Trinajstić information content (AvgIpc) is 2.72. The highest BCUT2D eigenvalue weighted by atomic mass is 16.3. The molecule has 34 heavy (non-hydrogen) atoms. The zero-order valence-electron chi connectivity index (χ0n) is 23.6. The van der Waals surface area contributed by atoms with Gasteiger partial charge in [0.15, 0.2) is 0 Å². The van der Waals surface area contributed by atoms with Crippen molar-refractivity contribution < 1.29 is 9.90 Å². The molecule has 0 aromatic heterocycles. The molecule has 1 atom stereocenters. The molecule has 0 aliphatic heterocycles. The van der Waals surface area contributed by atoms with Crippen molar-refractivity contribution in [2.45, 2.75) is 149 Å². The summed E-state index contributed by atoms with van der Waals surface area (Å²) in [5.74, 6) is 0.0411. The molecule has 0 saturated heterocycles. The Morgan fingerprint density at radius 3 is 1.50 bits per heavy atom. The lowest BCUT2D eigenvalue weighted by molar-refractivity contribution is -0.122. The fourth-order valence-corrected chi connectivity index (χ4v) is 4.82. The van der Waals surface area contributed by atoms with Crippen LogP contribution in [-0.2, 0) is 22.0 Å². The van der Waals surface area contributed by atoms with Crippen molar-refractivity contribution >= 4 is 5.91 Å². The summed E-state index contributed by atoms with van der Waals surface area (Å²) in [6, 6.07) is 4.17. The molecule has 1 amide bonds. The number of rotatable bonds is 16. The van der Waals surface area contributed by atoms with Gasteiger partial charge in [-0.25, -0.2) is 0 Å². The third-order valence-corrected chi connectivity index (χ3v) is 7.08. The number of phenols is 1. The number of carbonyl (C=O) groups excluding carboxylic acids is 1. The minimum absolute atomic E-state index is 0.145. The number of aromatic hydroxyl groups is 1. The Morgan fingerprint density at radius 1 is 0.765 bits per heavy atom. The molecule has 1 aromatic carbocycles. The molecule has 0 radical (unpaired) electrons. The van der Waals surface area contributed by atoms with E-state index in [0.29, 0.717) is 12.2 Å². The van der Waals surface area contributed by atoms with Crippen molar-refractivity contribution in [2.24, 2.45) is 11.7 Å². The van der Waals surface area contributed by atoms with Crippen LogP contribution in [0.5, 0.6) is 5.75 Å². The lowest BCUT2D eigenvalue weighted by Gasteiger charge is -2.28. The Hall–Kier alpha value is -1.51. The SMILES string of the molecule is CCCCCCCCCCCCCCC(Cc1cc(C(C)(C)C)c(O)c(C(C)(C)C)c1)C(N)=O. The second kappa shape index (κ2) is 14.8. The molecule has 3 nitrogen and oxygen atoms in total. The van der Waals surface area contributed by atoms with Crippen LogP contribution in [0.2, 0.25) is 0 Å². The predicted molar refractivity (Wildman–Crippen MR) is 148 cm³/mol. The van der Waals surface area contributed by atoms with E-state index >= 15 is 0 Å². The van der Waals surface area contributed by atoms with Gasteiger partial charge in [-0.05, 0) is 40.4 Å². The van der Waals surface area contributed by atoms with Crippen molar-refractivity contribution in [3.8, 4) is 5.75 Å². The molecule has 3 heteroatoms. The Balaban J connectivity index is 2.56. The highest BCUT2D eigenvalue weighted by Gasteiger charge is 2.27. The first-order valence-corrected chi connectivity index (χ1v) is 14.0. The van der Waals surface area contributed by atoms with E-state index in [1.54, 1.807) is 0 Å². The van der Waals surface area contributed by atoms with Crippen LogP contribution in [0.15, 0.2) is 12.1 Å². The highest BCUT2D eigenvalue weighted by Crippen LogP contribution is 2.40. The number of hydrogen-bond acceptors (Lipinski definition) is 2. The largest absolute Gasteiger partial charge is 0.507 e. The molecule has 0 spiro atoms. The van der Waals surface area contributed by atoms with Crippen molar-refractivity contribution in [1.82, 2.24) is 0 Å². The van der Waals surface area contributed by atoms with Crippen molar-refractivity contribution in [3.05, 3.63) is 28.8 Å². The van der Waals surface area contributed by atoms with Crippen molar-refractivity contribution in [2.75, 3.05) is 0 Å². The minimum atomic E-state index is -0.203. The molecule has 0 fully saturated rings. The van der Waals surface area contributed by atoms with Crippen LogP contribution in [0.4, 0.5) is 0 Å². The number of benzene rings is 1. The van der Waals surface area contributed by atoms with Gasteiger partial charge in [0, 0.05) is 5.92 Å². The van der Waals surface area contributed by atoms with Gasteiger partial charge in [-0.1, -0.05) is 138 Å². The molecular formula is C31H55NO2. The second-order valence-corrected chi connectivity index (χ2v) is 12.5. The van der Waals surface area contributed by atoms with Crippen LogP contribution < -0.4 is 5.73 Å². The molecule has 1 unspecified atom stereocenters. The third kappa shape index (κ3) is 11.3. The number of primary amides is 1. The molecular weight excluding hydrogens is 418 g/mol. The molecule has 0 saturated carbocycles. The molecule has 3 N–H and O–H groups in total. The number of unbranched alkanes of at least 4 members (excludes halogenated alkanes) is 11. The molecule has 0 aliphatic rings. The fourth-order valence-electron chi connectivity index (χ4n) is 4.82. The van der Waals surface area contributed by atoms with Gasteiger partial charge >= 0.3 is 0 Å². The van der Waals surface area contributed by atoms with E-state index in [9.17, 15) is 9.90 Å². The summed E-state index contributed by atoms with van der Waals surface area (Å²) in [5, 5.41) is 11.0. The summed E-state index contributed by atoms with van der Waals surface area (Å²) in [7, 11) is 0. The zero-order valence-corrected chi connectivity index (χ0v) is 23.6. The standard InChI is InChI=1S/C31H55NO2/c1-8-9-10-11-12-13-14-15-16-17-18-19-20-25(29(32)34)21-24-22-26(30(2,3)4)28(33)27(23-24)31(5,6)7/h22-23,25,33H,8-21H2,1-7H3,(H2,32,34). The van der Waals surface area contributed by atoms with Crippen LogP contribution in [0, 0.1) is 5.92 Å². The molecule has 1 rings (SSSR count). The van der Waals surface area contributed by atoms with E-state index in [1.165, 1.54) is 70.6 Å². The van der Waals surface area contributed by atoms with E-state index in [0.717, 1.165) is 29.5 Å². The lowest BCUT2D eigenvalue weighted by Crippen LogP contribution is -2.26. The van der Waals surface area contributed by atoms with Gasteiger partial charge in [0.2, 0.25) is 5.91 Å². The van der Waals surface area contributed by atoms with Gasteiger partial charge in [-0.15, -0.1) is 0 Å². The first kappa shape index (κ1) is 30.5. The number of amides is 1. The Morgan fingerprint density at radius 2 is 1.15 bits per heavy atom. The first-order valence-electron chi connectivity index (χ1n) is 14.0. The van der Waals surface area contributed by atoms with Gasteiger partial charge < -0.3 is 10.8 Å². The van der Waals surface area contributed by atoms with Crippen molar-refractivity contribution in [1.29, 1.82) is 0 Å². The Bertz CT molecular complexity index is 689. The van der Waals surface area contributed by atoms with Gasteiger partial charge in [0.05, 0.1) is 0 Å². The third-order valence-electron chi connectivity index (χ3n) is 7.08. The van der Waals surface area contributed by atoms with Crippen LogP contribution in [0.25, 0.3) is 0 Å². The maximum Gasteiger partial charge on any atom is 0.220 e. The summed E-state index contributed by atoms with van der Waals surface area (Å²) in [6.45, 7) is 15.0. The van der Waals surface area contributed by atoms with Crippen LogP contribution >= 0.6 is 0 Å². The summed E-state index contributed by atoms with van der Waals surface area (Å²) >= 11 is 0. The fraction of sp³-hybridized carbons (Fsp3) is 0.774. The summed E-state index contributed by atoms with van der Waals surface area (Å²) in [5.41, 5.74) is 8.48. The van der Waals surface area contributed by atoms with Gasteiger partial charge in [-0.3, -0.25) is 4.79 Å². The molecule has 0 aliphatic carbocycles. The van der Waals surface area contributed by atoms with Gasteiger partial charge in [0.25, 0.3) is 0 Å². The molecule has 0 bridgehead atoms. The quantitative estimate of drug-likeness (QED) is 0.236. The summed E-state index contributed by atoms with van der Waals surface area (Å²) in [6.07, 6.45) is 17.3. The monoisotopic (exact) mass is 473 g/mol. The number of phenolic OH excluding ortho intramolecular Hbond substituents is 1. The minimum Gasteiger partial charge on any atom is -0.507 e. The number of nitrogens with two attached hydrogens (primary N) is 1. The van der Waals surface area contributed by atoms with Crippen LogP contribution in [-0.4, -0.2) is 11.0 Å². The second-order valence-electron chi connectivity index (χ2n) is 12.5. The topological polar surface area (TPSA) is 63.3 Å². The zero-order chi connectivity index (χ0) is 25.8.